The summed E-state index contributed by atoms with van der Waals surface area (Å²) in [4.78, 5) is 24.3. The first kappa shape index (κ1) is 48.6. The van der Waals surface area contributed by atoms with Gasteiger partial charge in [-0.25, -0.2) is 0 Å². The molecule has 0 radical (unpaired) electrons. The largest absolute Gasteiger partial charge is 0.462 e. The normalized spacial score (nSPS) is 12.1. The van der Waals surface area contributed by atoms with Gasteiger partial charge in [-0.15, -0.1) is 0 Å². The van der Waals surface area contributed by atoms with Crippen LogP contribution in [-0.2, 0) is 19.1 Å². The van der Waals surface area contributed by atoms with Crippen LogP contribution in [0.2, 0.25) is 0 Å². The molecule has 0 saturated heterocycles. The minimum atomic E-state index is -0.764. The molecule has 0 amide bonds. The lowest BCUT2D eigenvalue weighted by molar-refractivity contribution is -0.161. The van der Waals surface area contributed by atoms with Crippen LogP contribution in [0.5, 0.6) is 0 Å². The molecule has 0 heterocycles. The highest BCUT2D eigenvalue weighted by Gasteiger charge is 2.16. The lowest BCUT2D eigenvalue weighted by Crippen LogP contribution is -2.28. The van der Waals surface area contributed by atoms with Crippen LogP contribution in [0.15, 0.2) is 12.2 Å². The van der Waals surface area contributed by atoms with Gasteiger partial charge in [0.15, 0.2) is 6.10 Å². The lowest BCUT2D eigenvalue weighted by atomic mass is 10.0. The quantitative estimate of drug-likeness (QED) is 0.0389. The van der Waals surface area contributed by atoms with Crippen molar-refractivity contribution in [2.75, 3.05) is 13.2 Å². The maximum atomic E-state index is 12.2. The molecule has 0 aromatic rings. The third kappa shape index (κ3) is 39.4. The van der Waals surface area contributed by atoms with Gasteiger partial charge in [0.1, 0.15) is 6.61 Å². The number of aliphatic hydroxyl groups excluding tert-OH is 1. The molecule has 0 aliphatic rings. The third-order valence-electron chi connectivity index (χ3n) is 10.1. The second-order valence-corrected chi connectivity index (χ2v) is 15.1. The van der Waals surface area contributed by atoms with Gasteiger partial charge in [0.25, 0.3) is 0 Å². The number of hydrogen-bond donors (Lipinski definition) is 1. The summed E-state index contributed by atoms with van der Waals surface area (Å²) < 4.78 is 10.6. The van der Waals surface area contributed by atoms with E-state index in [-0.39, 0.29) is 25.2 Å². The molecule has 0 aromatic carbocycles. The fourth-order valence-electron chi connectivity index (χ4n) is 6.67. The predicted octanol–water partition coefficient (Wildman–Crippen LogP) is 14.1. The number of ether oxygens (including phenoxy) is 2. The highest BCUT2D eigenvalue weighted by molar-refractivity contribution is 5.70. The van der Waals surface area contributed by atoms with Crippen LogP contribution < -0.4 is 0 Å². The zero-order valence-electron chi connectivity index (χ0n) is 33.7. The fourth-order valence-corrected chi connectivity index (χ4v) is 6.67. The first-order chi connectivity index (χ1) is 24.6. The summed E-state index contributed by atoms with van der Waals surface area (Å²) in [6.45, 7) is 4.16. The van der Waals surface area contributed by atoms with Crippen molar-refractivity contribution in [1.82, 2.24) is 0 Å². The summed E-state index contributed by atoms with van der Waals surface area (Å²) in [5.74, 6) is -0.577. The van der Waals surface area contributed by atoms with Gasteiger partial charge in [-0.1, -0.05) is 206 Å². The first-order valence-electron chi connectivity index (χ1n) is 22.2. The van der Waals surface area contributed by atoms with Gasteiger partial charge in [-0.3, -0.25) is 9.59 Å². The minimum Gasteiger partial charge on any atom is -0.462 e. The van der Waals surface area contributed by atoms with Gasteiger partial charge < -0.3 is 14.6 Å². The SMILES string of the molecule is CCCCCCCC/C=C\CCCCCCCCCCCCCC(=O)OC[C@H](CO)OC(=O)CCCCCCCCCCCCCCCCC. The zero-order valence-corrected chi connectivity index (χ0v) is 33.7. The summed E-state index contributed by atoms with van der Waals surface area (Å²) in [5, 5.41) is 9.58. The van der Waals surface area contributed by atoms with Crippen molar-refractivity contribution in [3.63, 3.8) is 0 Å². The molecular weight excluding hydrogens is 620 g/mol. The second kappa shape index (κ2) is 42.1. The molecule has 0 spiro atoms. The Morgan fingerprint density at radius 3 is 1.08 bits per heavy atom. The van der Waals surface area contributed by atoms with Crippen molar-refractivity contribution >= 4 is 11.9 Å². The van der Waals surface area contributed by atoms with Gasteiger partial charge in [0.05, 0.1) is 6.61 Å². The maximum absolute atomic E-state index is 12.2. The Hall–Kier alpha value is -1.36. The fraction of sp³-hybridized carbons (Fsp3) is 0.911. The molecule has 5 nitrogen and oxygen atoms in total. The van der Waals surface area contributed by atoms with E-state index < -0.39 is 6.10 Å². The number of rotatable bonds is 41. The van der Waals surface area contributed by atoms with E-state index in [0.29, 0.717) is 12.8 Å². The van der Waals surface area contributed by atoms with Crippen molar-refractivity contribution in [1.29, 1.82) is 0 Å². The second-order valence-electron chi connectivity index (χ2n) is 15.1. The number of aliphatic hydroxyl groups is 1. The Labute approximate surface area is 311 Å². The van der Waals surface area contributed by atoms with Gasteiger partial charge in [-0.2, -0.15) is 0 Å². The van der Waals surface area contributed by atoms with E-state index in [1.807, 2.05) is 0 Å². The van der Waals surface area contributed by atoms with Crippen LogP contribution >= 0.6 is 0 Å². The monoisotopic (exact) mass is 707 g/mol. The molecule has 0 aliphatic carbocycles. The molecule has 296 valence electrons. The summed E-state index contributed by atoms with van der Waals surface area (Å²) in [5.41, 5.74) is 0. The molecule has 50 heavy (non-hydrogen) atoms. The average Bonchev–Trinajstić information content (AvgIpc) is 3.12. The van der Waals surface area contributed by atoms with Gasteiger partial charge in [-0.05, 0) is 38.5 Å². The number of esters is 2. The average molecular weight is 707 g/mol. The predicted molar refractivity (Wildman–Crippen MR) is 215 cm³/mol. The molecule has 1 atom stereocenters. The Morgan fingerprint density at radius 2 is 0.740 bits per heavy atom. The van der Waals surface area contributed by atoms with Crippen molar-refractivity contribution in [3.05, 3.63) is 12.2 Å². The molecule has 0 unspecified atom stereocenters. The number of carbonyl (C=O) groups excluding carboxylic acids is 2. The Bertz CT molecular complexity index is 720. The van der Waals surface area contributed by atoms with E-state index in [2.05, 4.69) is 26.0 Å². The van der Waals surface area contributed by atoms with E-state index in [4.69, 9.17) is 9.47 Å². The number of carbonyl (C=O) groups is 2. The maximum Gasteiger partial charge on any atom is 0.306 e. The Kier molecular flexibility index (Phi) is 40.9. The summed E-state index contributed by atoms with van der Waals surface area (Å²) in [6, 6.07) is 0. The van der Waals surface area contributed by atoms with Crippen molar-refractivity contribution < 1.29 is 24.2 Å². The van der Waals surface area contributed by atoms with E-state index in [0.717, 1.165) is 38.5 Å². The van der Waals surface area contributed by atoms with Crippen molar-refractivity contribution in [2.45, 2.75) is 251 Å². The Balaban J connectivity index is 3.47. The van der Waals surface area contributed by atoms with Crippen LogP contribution in [0.4, 0.5) is 0 Å². The zero-order chi connectivity index (χ0) is 36.4. The van der Waals surface area contributed by atoms with Crippen LogP contribution in [0.3, 0.4) is 0 Å². The number of hydrogen-bond acceptors (Lipinski definition) is 5. The minimum absolute atomic E-state index is 0.0596. The smallest absolute Gasteiger partial charge is 0.306 e. The third-order valence-corrected chi connectivity index (χ3v) is 10.1. The van der Waals surface area contributed by atoms with Crippen LogP contribution in [-0.4, -0.2) is 36.4 Å². The van der Waals surface area contributed by atoms with E-state index in [1.54, 1.807) is 0 Å². The first-order valence-corrected chi connectivity index (χ1v) is 22.2. The Morgan fingerprint density at radius 1 is 0.440 bits per heavy atom. The molecule has 1 N–H and O–H groups in total. The standard InChI is InChI=1S/C45H86O5/c1-3-5-7-9-11-13-15-17-19-20-21-22-23-24-26-27-29-31-33-35-37-39-44(47)49-42-43(41-46)50-45(48)40-38-36-34-32-30-28-25-18-16-14-12-10-8-6-4-2/h17,19,43,46H,3-16,18,20-42H2,1-2H3/b19-17-/t43-/m0/s1. The molecule has 0 saturated carbocycles. The molecule has 0 bridgehead atoms. The highest BCUT2D eigenvalue weighted by Crippen LogP contribution is 2.16. The summed E-state index contributed by atoms with van der Waals surface area (Å²) in [7, 11) is 0. The van der Waals surface area contributed by atoms with E-state index in [1.165, 1.54) is 180 Å². The van der Waals surface area contributed by atoms with Crippen molar-refractivity contribution in [2.24, 2.45) is 0 Å². The van der Waals surface area contributed by atoms with Crippen LogP contribution in [0.1, 0.15) is 245 Å². The molecule has 0 aliphatic heterocycles. The number of allylic oxidation sites excluding steroid dienone is 2. The van der Waals surface area contributed by atoms with Gasteiger partial charge >= 0.3 is 11.9 Å². The van der Waals surface area contributed by atoms with E-state index >= 15 is 0 Å². The molecule has 0 aromatic heterocycles. The van der Waals surface area contributed by atoms with Crippen LogP contribution in [0.25, 0.3) is 0 Å². The summed E-state index contributed by atoms with van der Waals surface area (Å²) >= 11 is 0. The topological polar surface area (TPSA) is 72.8 Å². The van der Waals surface area contributed by atoms with Gasteiger partial charge in [0.2, 0.25) is 0 Å². The molecule has 0 rings (SSSR count). The van der Waals surface area contributed by atoms with Crippen molar-refractivity contribution in [3.8, 4) is 0 Å². The molecular formula is C45H86O5. The van der Waals surface area contributed by atoms with Crippen LogP contribution in [0, 0.1) is 0 Å². The van der Waals surface area contributed by atoms with E-state index in [9.17, 15) is 14.7 Å². The number of unbranched alkanes of at least 4 members (excludes halogenated alkanes) is 31. The van der Waals surface area contributed by atoms with Gasteiger partial charge in [0, 0.05) is 12.8 Å². The summed E-state index contributed by atoms with van der Waals surface area (Å²) in [6.07, 6.45) is 48.5. The highest BCUT2D eigenvalue weighted by atomic mass is 16.6. The lowest BCUT2D eigenvalue weighted by Gasteiger charge is -2.15. The molecule has 5 heteroatoms. The molecule has 0 fully saturated rings.